The van der Waals surface area contributed by atoms with Crippen LogP contribution in [-0.2, 0) is 21.4 Å². The first-order valence-electron chi connectivity index (χ1n) is 7.42. The summed E-state index contributed by atoms with van der Waals surface area (Å²) in [5, 5.41) is 2.76. The molecule has 0 heterocycles. The van der Waals surface area contributed by atoms with Gasteiger partial charge in [-0.05, 0) is 29.3 Å². The summed E-state index contributed by atoms with van der Waals surface area (Å²) in [6.45, 7) is 0.334. The van der Waals surface area contributed by atoms with Gasteiger partial charge in [-0.3, -0.25) is 4.79 Å². The average molecular weight is 344 g/mol. The molecule has 0 aromatic heterocycles. The zero-order valence-corrected chi connectivity index (χ0v) is 14.5. The highest BCUT2D eigenvalue weighted by Gasteiger charge is 2.16. The van der Waals surface area contributed by atoms with E-state index < -0.39 is 10.0 Å². The second-order valence-corrected chi connectivity index (χ2v) is 7.55. The predicted molar refractivity (Wildman–Crippen MR) is 94.6 cm³/mol. The molecule has 0 fully saturated rings. The summed E-state index contributed by atoms with van der Waals surface area (Å²) >= 11 is 0. The van der Waals surface area contributed by atoms with E-state index in [4.69, 9.17) is 0 Å². The number of hydrogen-bond acceptors (Lipinski definition) is 3. The van der Waals surface area contributed by atoms with E-state index in [9.17, 15) is 13.2 Å². The molecule has 2 aromatic rings. The van der Waals surface area contributed by atoms with Gasteiger partial charge >= 0.3 is 0 Å². The molecule has 0 unspecified atom stereocenters. The Labute approximate surface area is 142 Å². The number of amides is 1. The molecule has 5 nitrogen and oxygen atoms in total. The molecule has 0 spiro atoms. The van der Waals surface area contributed by atoms with Gasteiger partial charge in [-0.25, -0.2) is 12.7 Å². The highest BCUT2D eigenvalue weighted by molar-refractivity contribution is 7.89. The molecular weight excluding hydrogens is 324 g/mol. The van der Waals surface area contributed by atoms with E-state index in [-0.39, 0.29) is 10.8 Å². The normalized spacial score (nSPS) is 11.8. The van der Waals surface area contributed by atoms with Crippen LogP contribution in [0.4, 0.5) is 0 Å². The third kappa shape index (κ3) is 4.78. The van der Waals surface area contributed by atoms with Crippen LogP contribution >= 0.6 is 0 Å². The minimum atomic E-state index is -3.43. The predicted octanol–water partition coefficient (Wildman–Crippen LogP) is 2.27. The molecule has 1 amide bonds. The molecular formula is C18H20N2O3S. The van der Waals surface area contributed by atoms with Crippen LogP contribution in [0.2, 0.25) is 0 Å². The Morgan fingerprint density at radius 3 is 2.25 bits per heavy atom. The van der Waals surface area contributed by atoms with Gasteiger partial charge in [-0.1, -0.05) is 42.5 Å². The lowest BCUT2D eigenvalue weighted by Crippen LogP contribution is -2.22. The first kappa shape index (κ1) is 17.9. The van der Waals surface area contributed by atoms with Crippen LogP contribution in [0, 0.1) is 0 Å². The molecule has 2 aromatic carbocycles. The molecule has 0 saturated carbocycles. The fourth-order valence-electron chi connectivity index (χ4n) is 1.97. The van der Waals surface area contributed by atoms with Crippen molar-refractivity contribution in [3.05, 3.63) is 71.8 Å². The van der Waals surface area contributed by atoms with Crippen molar-refractivity contribution in [1.82, 2.24) is 9.62 Å². The summed E-state index contributed by atoms with van der Waals surface area (Å²) in [5.74, 6) is -0.205. The van der Waals surface area contributed by atoms with Gasteiger partial charge in [-0.2, -0.15) is 0 Å². The smallest absolute Gasteiger partial charge is 0.244 e. The largest absolute Gasteiger partial charge is 0.348 e. The molecule has 0 aliphatic heterocycles. The maximum atomic E-state index is 12.0. The van der Waals surface area contributed by atoms with Gasteiger partial charge in [0.25, 0.3) is 0 Å². The number of nitrogens with zero attached hydrogens (tertiary/aromatic N) is 1. The van der Waals surface area contributed by atoms with E-state index in [1.54, 1.807) is 18.2 Å². The second kappa shape index (κ2) is 7.90. The Hall–Kier alpha value is -2.44. The van der Waals surface area contributed by atoms with Gasteiger partial charge in [0.1, 0.15) is 0 Å². The molecule has 2 rings (SSSR count). The summed E-state index contributed by atoms with van der Waals surface area (Å²) in [7, 11) is -0.452. The topological polar surface area (TPSA) is 66.5 Å². The molecule has 0 saturated heterocycles. The van der Waals surface area contributed by atoms with Crippen molar-refractivity contribution in [2.45, 2.75) is 11.4 Å². The Morgan fingerprint density at radius 1 is 1.04 bits per heavy atom. The molecule has 6 heteroatoms. The minimum absolute atomic E-state index is 0.205. The van der Waals surface area contributed by atoms with Crippen molar-refractivity contribution in [3.8, 4) is 0 Å². The van der Waals surface area contributed by atoms with Crippen molar-refractivity contribution < 1.29 is 13.2 Å². The minimum Gasteiger partial charge on any atom is -0.348 e. The van der Waals surface area contributed by atoms with Crippen LogP contribution in [0.25, 0.3) is 6.08 Å². The van der Waals surface area contributed by atoms with Crippen molar-refractivity contribution in [2.24, 2.45) is 0 Å². The van der Waals surface area contributed by atoms with Crippen LogP contribution in [-0.4, -0.2) is 32.7 Å². The zero-order valence-electron chi connectivity index (χ0n) is 13.6. The highest BCUT2D eigenvalue weighted by Crippen LogP contribution is 2.13. The van der Waals surface area contributed by atoms with Crippen molar-refractivity contribution in [2.75, 3.05) is 14.1 Å². The molecule has 0 aliphatic rings. The molecule has 126 valence electrons. The Balaban J connectivity index is 1.93. The Bertz CT molecular complexity index is 811. The monoisotopic (exact) mass is 344 g/mol. The van der Waals surface area contributed by atoms with Crippen LogP contribution < -0.4 is 5.32 Å². The van der Waals surface area contributed by atoms with Gasteiger partial charge in [0.15, 0.2) is 0 Å². The van der Waals surface area contributed by atoms with E-state index in [0.29, 0.717) is 6.54 Å². The average Bonchev–Trinajstić information content (AvgIpc) is 2.59. The van der Waals surface area contributed by atoms with Gasteiger partial charge in [0.05, 0.1) is 4.90 Å². The van der Waals surface area contributed by atoms with Gasteiger partial charge < -0.3 is 5.32 Å². The van der Waals surface area contributed by atoms with Gasteiger partial charge in [0, 0.05) is 26.7 Å². The molecule has 0 radical (unpaired) electrons. The number of sulfonamides is 1. The summed E-state index contributed by atoms with van der Waals surface area (Å²) < 4.78 is 25.1. The quantitative estimate of drug-likeness (QED) is 0.818. The van der Waals surface area contributed by atoms with Crippen molar-refractivity contribution >= 4 is 22.0 Å². The number of carbonyl (C=O) groups excluding carboxylic acids is 1. The van der Waals surface area contributed by atoms with Gasteiger partial charge in [0.2, 0.25) is 15.9 Å². The van der Waals surface area contributed by atoms with Crippen molar-refractivity contribution in [3.63, 3.8) is 0 Å². The molecule has 0 atom stereocenters. The maximum absolute atomic E-state index is 12.0. The number of benzene rings is 2. The number of rotatable bonds is 6. The molecule has 24 heavy (non-hydrogen) atoms. The zero-order chi connectivity index (χ0) is 17.6. The highest BCUT2D eigenvalue weighted by atomic mass is 32.2. The van der Waals surface area contributed by atoms with E-state index in [1.165, 1.54) is 32.3 Å². The van der Waals surface area contributed by atoms with E-state index in [2.05, 4.69) is 5.32 Å². The summed E-state index contributed by atoms with van der Waals surface area (Å²) in [4.78, 5) is 12.0. The standard InChI is InChI=1S/C18H20N2O3S/c1-20(2)24(22,23)17-11-8-16(9-12-17)14-19-18(21)13-10-15-6-4-3-5-7-15/h3-13H,14H2,1-2H3,(H,19,21)/b13-10+. The summed E-state index contributed by atoms with van der Waals surface area (Å²) in [6, 6.07) is 16.0. The molecule has 0 bridgehead atoms. The SMILES string of the molecule is CN(C)S(=O)(=O)c1ccc(CNC(=O)/C=C/c2ccccc2)cc1. The van der Waals surface area contributed by atoms with E-state index in [0.717, 1.165) is 15.4 Å². The second-order valence-electron chi connectivity index (χ2n) is 5.39. The van der Waals surface area contributed by atoms with Crippen LogP contribution in [0.15, 0.2) is 65.6 Å². The first-order chi connectivity index (χ1) is 11.4. The molecule has 1 N–H and O–H groups in total. The molecule has 0 aliphatic carbocycles. The fourth-order valence-corrected chi connectivity index (χ4v) is 2.88. The van der Waals surface area contributed by atoms with Crippen LogP contribution in [0.5, 0.6) is 0 Å². The number of nitrogens with one attached hydrogen (secondary N) is 1. The van der Waals surface area contributed by atoms with Crippen LogP contribution in [0.1, 0.15) is 11.1 Å². The van der Waals surface area contributed by atoms with Gasteiger partial charge in [-0.15, -0.1) is 0 Å². The lowest BCUT2D eigenvalue weighted by Gasteiger charge is -2.11. The van der Waals surface area contributed by atoms with Crippen LogP contribution in [0.3, 0.4) is 0 Å². The lowest BCUT2D eigenvalue weighted by molar-refractivity contribution is -0.116. The van der Waals surface area contributed by atoms with E-state index in [1.807, 2.05) is 30.3 Å². The first-order valence-corrected chi connectivity index (χ1v) is 8.86. The third-order valence-corrected chi connectivity index (χ3v) is 5.22. The number of carbonyl (C=O) groups is 1. The third-order valence-electron chi connectivity index (χ3n) is 3.40. The van der Waals surface area contributed by atoms with E-state index >= 15 is 0 Å². The number of hydrogen-bond donors (Lipinski definition) is 1. The fraction of sp³-hybridized carbons (Fsp3) is 0.167. The summed E-state index contributed by atoms with van der Waals surface area (Å²) in [5.41, 5.74) is 1.78. The lowest BCUT2D eigenvalue weighted by atomic mass is 10.2. The Morgan fingerprint density at radius 2 is 1.67 bits per heavy atom. The summed E-state index contributed by atoms with van der Waals surface area (Å²) in [6.07, 6.45) is 3.21. The Kier molecular flexibility index (Phi) is 5.89. The maximum Gasteiger partial charge on any atom is 0.244 e. The van der Waals surface area contributed by atoms with Crippen molar-refractivity contribution in [1.29, 1.82) is 0 Å².